The first kappa shape index (κ1) is 21.0. The van der Waals surface area contributed by atoms with Crippen molar-refractivity contribution in [1.29, 1.82) is 0 Å². The molecule has 2 unspecified atom stereocenters. The fourth-order valence-corrected chi connectivity index (χ4v) is 6.33. The predicted octanol–water partition coefficient (Wildman–Crippen LogP) is 4.96. The number of carbonyl (C=O) groups excluding carboxylic acids is 2. The largest absolute Gasteiger partial charge is 0.482 e. The van der Waals surface area contributed by atoms with Gasteiger partial charge in [0.25, 0.3) is 11.8 Å². The highest BCUT2D eigenvalue weighted by atomic mass is 16.5. The van der Waals surface area contributed by atoms with Crippen molar-refractivity contribution >= 4 is 17.5 Å². The van der Waals surface area contributed by atoms with Crippen molar-refractivity contribution in [3.8, 4) is 5.75 Å². The van der Waals surface area contributed by atoms with Crippen LogP contribution in [0.25, 0.3) is 0 Å². The van der Waals surface area contributed by atoms with Crippen LogP contribution >= 0.6 is 0 Å². The summed E-state index contributed by atoms with van der Waals surface area (Å²) >= 11 is 0. The zero-order chi connectivity index (χ0) is 22.7. The quantitative estimate of drug-likeness (QED) is 0.689. The van der Waals surface area contributed by atoms with E-state index in [0.717, 1.165) is 48.4 Å². The van der Waals surface area contributed by atoms with Crippen molar-refractivity contribution in [2.45, 2.75) is 59.5 Å². The van der Waals surface area contributed by atoms with Crippen LogP contribution in [0.3, 0.4) is 0 Å². The molecule has 32 heavy (non-hydrogen) atoms. The summed E-state index contributed by atoms with van der Waals surface area (Å²) in [5, 5.41) is 0. The van der Waals surface area contributed by atoms with E-state index in [-0.39, 0.29) is 29.3 Å². The highest BCUT2D eigenvalue weighted by molar-refractivity contribution is 5.98. The highest BCUT2D eigenvalue weighted by Gasteiger charge is 2.51. The minimum Gasteiger partial charge on any atom is -0.482 e. The lowest BCUT2D eigenvalue weighted by molar-refractivity contribution is -0.121. The van der Waals surface area contributed by atoms with Crippen LogP contribution in [0.2, 0.25) is 0 Å². The smallest absolute Gasteiger partial charge is 0.265 e. The van der Waals surface area contributed by atoms with Gasteiger partial charge < -0.3 is 14.5 Å². The van der Waals surface area contributed by atoms with E-state index in [1.165, 1.54) is 0 Å². The second kappa shape index (κ2) is 7.36. The molecule has 3 aliphatic rings. The van der Waals surface area contributed by atoms with Gasteiger partial charge in [-0.3, -0.25) is 9.59 Å². The van der Waals surface area contributed by atoms with Crippen LogP contribution in [-0.2, 0) is 11.3 Å². The number of benzene rings is 2. The third kappa shape index (κ3) is 3.78. The number of carbonyl (C=O) groups is 2. The maximum Gasteiger partial charge on any atom is 0.265 e. The monoisotopic (exact) mass is 432 g/mol. The molecule has 2 aromatic rings. The molecule has 0 spiro atoms. The van der Waals surface area contributed by atoms with E-state index in [2.05, 4.69) is 25.7 Å². The first-order valence-electron chi connectivity index (χ1n) is 11.6. The van der Waals surface area contributed by atoms with Gasteiger partial charge in [0.2, 0.25) is 0 Å². The van der Waals surface area contributed by atoms with Crippen LogP contribution < -0.4 is 9.64 Å². The Kier molecular flexibility index (Phi) is 4.84. The summed E-state index contributed by atoms with van der Waals surface area (Å²) in [6.07, 6.45) is 3.32. The molecule has 2 aliphatic heterocycles. The minimum atomic E-state index is -0.0664. The number of amides is 2. The SMILES string of the molecule is Cc1ccc2c(c1)N(Cc1cccc(C(=O)N3CC4(C)CC3CC(C)(C)C4)c1)C(=O)CO2. The van der Waals surface area contributed by atoms with Gasteiger partial charge >= 0.3 is 0 Å². The van der Waals surface area contributed by atoms with Gasteiger partial charge in [-0.05, 0) is 72.4 Å². The van der Waals surface area contributed by atoms with Crippen LogP contribution in [0, 0.1) is 17.8 Å². The van der Waals surface area contributed by atoms with E-state index in [1.54, 1.807) is 4.90 Å². The Hall–Kier alpha value is -2.82. The maximum absolute atomic E-state index is 13.5. The summed E-state index contributed by atoms with van der Waals surface area (Å²) in [7, 11) is 0. The molecule has 1 saturated heterocycles. The molecule has 5 nitrogen and oxygen atoms in total. The van der Waals surface area contributed by atoms with Gasteiger partial charge in [-0.25, -0.2) is 0 Å². The number of ether oxygens (including phenoxy) is 1. The van der Waals surface area contributed by atoms with Gasteiger partial charge in [0.05, 0.1) is 12.2 Å². The Bertz CT molecular complexity index is 1090. The van der Waals surface area contributed by atoms with Gasteiger partial charge in [-0.15, -0.1) is 0 Å². The van der Waals surface area contributed by atoms with Gasteiger partial charge in [0.1, 0.15) is 5.75 Å². The van der Waals surface area contributed by atoms with Gasteiger partial charge in [0.15, 0.2) is 6.61 Å². The summed E-state index contributed by atoms with van der Waals surface area (Å²) in [5.41, 5.74) is 4.01. The third-order valence-corrected chi connectivity index (χ3v) is 7.25. The molecule has 1 aliphatic carbocycles. The molecule has 168 valence electrons. The summed E-state index contributed by atoms with van der Waals surface area (Å²) < 4.78 is 5.60. The molecule has 2 aromatic carbocycles. The minimum absolute atomic E-state index is 0.0402. The summed E-state index contributed by atoms with van der Waals surface area (Å²) in [6.45, 7) is 10.3. The number of fused-ring (bicyclic) bond motifs is 3. The molecule has 5 rings (SSSR count). The summed E-state index contributed by atoms with van der Waals surface area (Å²) in [4.78, 5) is 30.0. The Labute approximate surface area is 190 Å². The first-order valence-corrected chi connectivity index (χ1v) is 11.6. The highest BCUT2D eigenvalue weighted by Crippen LogP contribution is 2.52. The van der Waals surface area contributed by atoms with Crippen LogP contribution in [0.15, 0.2) is 42.5 Å². The molecule has 1 saturated carbocycles. The van der Waals surface area contributed by atoms with Crippen LogP contribution in [0.1, 0.15) is 61.5 Å². The molecule has 2 amide bonds. The van der Waals surface area contributed by atoms with E-state index >= 15 is 0 Å². The molecule has 2 bridgehead atoms. The Morgan fingerprint density at radius 2 is 1.94 bits per heavy atom. The van der Waals surface area contributed by atoms with Crippen molar-refractivity contribution in [1.82, 2.24) is 4.90 Å². The standard InChI is InChI=1S/C27H32N2O3/c1-18-8-9-23-22(10-18)28(24(30)15-32-23)14-19-6-5-7-20(11-19)25(31)29-17-27(4)13-21(29)12-26(2,3)16-27/h5-11,21H,12-17H2,1-4H3. The summed E-state index contributed by atoms with van der Waals surface area (Å²) in [5.74, 6) is 0.772. The average Bonchev–Trinajstić information content (AvgIpc) is 2.98. The maximum atomic E-state index is 13.5. The molecular formula is C27H32N2O3. The van der Waals surface area contributed by atoms with E-state index in [9.17, 15) is 9.59 Å². The number of nitrogens with zero attached hydrogens (tertiary/aromatic N) is 2. The summed E-state index contributed by atoms with van der Waals surface area (Å²) in [6, 6.07) is 14.0. The zero-order valence-electron chi connectivity index (χ0n) is 19.5. The van der Waals surface area contributed by atoms with Crippen molar-refractivity contribution in [2.24, 2.45) is 10.8 Å². The molecule has 0 N–H and O–H groups in total. The van der Waals surface area contributed by atoms with Crippen molar-refractivity contribution in [2.75, 3.05) is 18.1 Å². The molecule has 0 radical (unpaired) electrons. The lowest BCUT2D eigenvalue weighted by Crippen LogP contribution is -2.38. The predicted molar refractivity (Wildman–Crippen MR) is 125 cm³/mol. The number of anilines is 1. The second-order valence-corrected chi connectivity index (χ2v) is 11.1. The molecule has 5 heteroatoms. The number of likely N-dealkylation sites (tertiary alicyclic amines) is 1. The van der Waals surface area contributed by atoms with E-state index in [4.69, 9.17) is 4.74 Å². The molecule has 0 aromatic heterocycles. The second-order valence-electron chi connectivity index (χ2n) is 11.1. The fraction of sp³-hybridized carbons (Fsp3) is 0.481. The third-order valence-electron chi connectivity index (χ3n) is 7.25. The molecule has 2 atom stereocenters. The van der Waals surface area contributed by atoms with Gasteiger partial charge in [-0.1, -0.05) is 39.0 Å². The number of aryl methyl sites for hydroxylation is 1. The van der Waals surface area contributed by atoms with Crippen LogP contribution in [0.5, 0.6) is 5.75 Å². The van der Waals surface area contributed by atoms with Crippen molar-refractivity contribution in [3.05, 3.63) is 59.2 Å². The first-order chi connectivity index (χ1) is 15.1. The molecular weight excluding hydrogens is 400 g/mol. The van der Waals surface area contributed by atoms with E-state index < -0.39 is 0 Å². The van der Waals surface area contributed by atoms with E-state index in [0.29, 0.717) is 18.2 Å². The Morgan fingerprint density at radius 1 is 1.12 bits per heavy atom. The lowest BCUT2D eigenvalue weighted by atomic mass is 9.65. The topological polar surface area (TPSA) is 49.9 Å². The van der Waals surface area contributed by atoms with Crippen molar-refractivity contribution < 1.29 is 14.3 Å². The molecule has 2 heterocycles. The lowest BCUT2D eigenvalue weighted by Gasteiger charge is -2.39. The Morgan fingerprint density at radius 3 is 2.75 bits per heavy atom. The fourth-order valence-electron chi connectivity index (χ4n) is 6.33. The zero-order valence-corrected chi connectivity index (χ0v) is 19.5. The van der Waals surface area contributed by atoms with Gasteiger partial charge in [-0.2, -0.15) is 0 Å². The number of hydrogen-bond donors (Lipinski definition) is 0. The van der Waals surface area contributed by atoms with Crippen molar-refractivity contribution in [3.63, 3.8) is 0 Å². The van der Waals surface area contributed by atoms with Crippen LogP contribution in [0.4, 0.5) is 5.69 Å². The number of rotatable bonds is 3. The normalized spacial score (nSPS) is 26.0. The van der Waals surface area contributed by atoms with Gasteiger partial charge in [0, 0.05) is 18.2 Å². The number of hydrogen-bond acceptors (Lipinski definition) is 3. The van der Waals surface area contributed by atoms with E-state index in [1.807, 2.05) is 49.4 Å². The molecule has 2 fully saturated rings. The van der Waals surface area contributed by atoms with Crippen LogP contribution in [-0.4, -0.2) is 35.9 Å². The average molecular weight is 433 g/mol. The Balaban J connectivity index is 1.39.